The molecule has 0 bridgehead atoms. The number of anilines is 1. The van der Waals surface area contributed by atoms with Gasteiger partial charge in [-0.2, -0.15) is 5.10 Å². The van der Waals surface area contributed by atoms with Gasteiger partial charge in [-0.05, 0) is 56.2 Å². The fraction of sp³-hybridized carbons (Fsp3) is 0.217. The van der Waals surface area contributed by atoms with E-state index < -0.39 is 0 Å². The number of nitrogens with one attached hydrogen (secondary N) is 1. The number of rotatable bonds is 5. The first kappa shape index (κ1) is 20.9. The van der Waals surface area contributed by atoms with Crippen LogP contribution in [0.4, 0.5) is 5.82 Å². The lowest BCUT2D eigenvalue weighted by Crippen LogP contribution is -2.23. The Labute approximate surface area is 184 Å². The van der Waals surface area contributed by atoms with Crippen LogP contribution in [0.5, 0.6) is 0 Å². The highest BCUT2D eigenvalue weighted by Gasteiger charge is 2.16. The van der Waals surface area contributed by atoms with Crippen LogP contribution < -0.4 is 10.9 Å². The van der Waals surface area contributed by atoms with E-state index in [1.165, 1.54) is 11.8 Å². The van der Waals surface area contributed by atoms with Crippen molar-refractivity contribution in [2.75, 3.05) is 11.1 Å². The third-order valence-corrected chi connectivity index (χ3v) is 6.03. The van der Waals surface area contributed by atoms with Crippen molar-refractivity contribution in [3.05, 3.63) is 75.7 Å². The summed E-state index contributed by atoms with van der Waals surface area (Å²) in [6.07, 6.45) is 0. The maximum absolute atomic E-state index is 13.3. The first-order chi connectivity index (χ1) is 14.8. The van der Waals surface area contributed by atoms with Gasteiger partial charge in [0.05, 0.1) is 28.0 Å². The van der Waals surface area contributed by atoms with Crippen LogP contribution >= 0.6 is 11.8 Å². The van der Waals surface area contributed by atoms with Gasteiger partial charge in [0.1, 0.15) is 5.82 Å². The molecule has 7 nitrogen and oxygen atoms in total. The van der Waals surface area contributed by atoms with Crippen LogP contribution in [0.1, 0.15) is 16.8 Å². The Bertz CT molecular complexity index is 1360. The number of nitrogens with zero attached hydrogens (tertiary/aromatic N) is 4. The average molecular weight is 434 g/mol. The fourth-order valence-electron chi connectivity index (χ4n) is 3.34. The number of carbonyl (C=O) groups excluding carboxylic acids is 1. The van der Waals surface area contributed by atoms with E-state index in [-0.39, 0.29) is 17.2 Å². The summed E-state index contributed by atoms with van der Waals surface area (Å²) in [5.74, 6) is 0.544. The van der Waals surface area contributed by atoms with E-state index in [2.05, 4.69) is 10.4 Å². The molecule has 2 heterocycles. The van der Waals surface area contributed by atoms with Crippen LogP contribution in [0.3, 0.4) is 0 Å². The fourth-order valence-corrected chi connectivity index (χ4v) is 4.15. The van der Waals surface area contributed by atoms with Crippen molar-refractivity contribution in [2.24, 2.45) is 7.05 Å². The van der Waals surface area contributed by atoms with Crippen molar-refractivity contribution in [1.82, 2.24) is 19.3 Å². The third-order valence-electron chi connectivity index (χ3n) is 5.10. The number of hydrogen-bond acceptors (Lipinski definition) is 5. The molecule has 0 aliphatic heterocycles. The molecule has 0 atom stereocenters. The third kappa shape index (κ3) is 4.25. The second kappa shape index (κ2) is 8.39. The normalized spacial score (nSPS) is 11.1. The van der Waals surface area contributed by atoms with Crippen molar-refractivity contribution < 1.29 is 4.79 Å². The minimum Gasteiger partial charge on any atom is -0.310 e. The summed E-state index contributed by atoms with van der Waals surface area (Å²) in [5.41, 5.74) is 4.24. The molecular formula is C23H23N5O2S. The Morgan fingerprint density at radius 1 is 1.06 bits per heavy atom. The largest absolute Gasteiger partial charge is 0.310 e. The Morgan fingerprint density at radius 2 is 1.84 bits per heavy atom. The van der Waals surface area contributed by atoms with Gasteiger partial charge in [0.25, 0.3) is 5.56 Å². The van der Waals surface area contributed by atoms with Crippen LogP contribution in [0.2, 0.25) is 0 Å². The van der Waals surface area contributed by atoms with E-state index in [1.807, 2.05) is 63.2 Å². The van der Waals surface area contributed by atoms with Gasteiger partial charge < -0.3 is 5.32 Å². The molecule has 1 amide bonds. The van der Waals surface area contributed by atoms with Gasteiger partial charge in [-0.25, -0.2) is 4.98 Å². The second-order valence-electron chi connectivity index (χ2n) is 7.45. The Morgan fingerprint density at radius 3 is 2.55 bits per heavy atom. The molecule has 0 radical (unpaired) electrons. The van der Waals surface area contributed by atoms with Crippen molar-refractivity contribution >= 4 is 34.4 Å². The summed E-state index contributed by atoms with van der Waals surface area (Å²) >= 11 is 1.23. The SMILES string of the molecule is Cc1cc(NC(=O)CSc2nc3ccccc3c(=O)n2-c2ccc(C)c(C)c2)n(C)n1. The molecule has 0 spiro atoms. The minimum absolute atomic E-state index is 0.111. The lowest BCUT2D eigenvalue weighted by Gasteiger charge is -2.14. The molecular weight excluding hydrogens is 410 g/mol. The van der Waals surface area contributed by atoms with Crippen LogP contribution in [-0.2, 0) is 11.8 Å². The van der Waals surface area contributed by atoms with Gasteiger partial charge in [-0.3, -0.25) is 18.8 Å². The molecule has 0 aliphatic rings. The molecule has 0 fully saturated rings. The van der Waals surface area contributed by atoms with Crippen molar-refractivity contribution in [3.8, 4) is 5.69 Å². The molecule has 4 aromatic rings. The number of hydrogen-bond donors (Lipinski definition) is 1. The van der Waals surface area contributed by atoms with Crippen molar-refractivity contribution in [3.63, 3.8) is 0 Å². The summed E-state index contributed by atoms with van der Waals surface area (Å²) in [6, 6.07) is 14.9. The van der Waals surface area contributed by atoms with Gasteiger partial charge in [-0.15, -0.1) is 0 Å². The van der Waals surface area contributed by atoms with Crippen molar-refractivity contribution in [1.29, 1.82) is 0 Å². The molecule has 8 heteroatoms. The summed E-state index contributed by atoms with van der Waals surface area (Å²) < 4.78 is 3.21. The molecule has 31 heavy (non-hydrogen) atoms. The molecule has 2 aromatic carbocycles. The minimum atomic E-state index is -0.193. The van der Waals surface area contributed by atoms with Gasteiger partial charge in [0.15, 0.2) is 5.16 Å². The van der Waals surface area contributed by atoms with E-state index in [0.29, 0.717) is 21.9 Å². The van der Waals surface area contributed by atoms with Gasteiger partial charge >= 0.3 is 0 Å². The molecule has 158 valence electrons. The van der Waals surface area contributed by atoms with E-state index in [4.69, 9.17) is 4.98 Å². The molecule has 0 saturated carbocycles. The van der Waals surface area contributed by atoms with Crippen LogP contribution in [0.15, 0.2) is 58.5 Å². The van der Waals surface area contributed by atoms with Crippen LogP contribution in [0, 0.1) is 20.8 Å². The van der Waals surface area contributed by atoms with E-state index in [9.17, 15) is 9.59 Å². The first-order valence-electron chi connectivity index (χ1n) is 9.86. The lowest BCUT2D eigenvalue weighted by molar-refractivity contribution is -0.113. The van der Waals surface area contributed by atoms with E-state index in [1.54, 1.807) is 22.4 Å². The number of fused-ring (bicyclic) bond motifs is 1. The first-order valence-corrected chi connectivity index (χ1v) is 10.8. The number of carbonyl (C=O) groups is 1. The highest BCUT2D eigenvalue weighted by Crippen LogP contribution is 2.23. The lowest BCUT2D eigenvalue weighted by atomic mass is 10.1. The Kier molecular flexibility index (Phi) is 5.65. The highest BCUT2D eigenvalue weighted by molar-refractivity contribution is 7.99. The zero-order valence-electron chi connectivity index (χ0n) is 17.8. The van der Waals surface area contributed by atoms with Crippen molar-refractivity contribution in [2.45, 2.75) is 25.9 Å². The number of aromatic nitrogens is 4. The summed E-state index contributed by atoms with van der Waals surface area (Å²) in [5, 5.41) is 8.11. The van der Waals surface area contributed by atoms with Crippen LogP contribution in [0.25, 0.3) is 16.6 Å². The highest BCUT2D eigenvalue weighted by atomic mass is 32.2. The van der Waals surface area contributed by atoms with E-state index >= 15 is 0 Å². The van der Waals surface area contributed by atoms with Gasteiger partial charge in [0, 0.05) is 13.1 Å². The summed E-state index contributed by atoms with van der Waals surface area (Å²) in [7, 11) is 1.78. The number of thioether (sulfide) groups is 1. The van der Waals surface area contributed by atoms with Gasteiger partial charge in [-0.1, -0.05) is 30.0 Å². The quantitative estimate of drug-likeness (QED) is 0.383. The molecule has 4 rings (SSSR count). The maximum atomic E-state index is 13.3. The zero-order chi connectivity index (χ0) is 22.1. The Balaban J connectivity index is 1.70. The zero-order valence-corrected chi connectivity index (χ0v) is 18.7. The van der Waals surface area contributed by atoms with E-state index in [0.717, 1.165) is 22.5 Å². The predicted molar refractivity (Wildman–Crippen MR) is 124 cm³/mol. The predicted octanol–water partition coefficient (Wildman–Crippen LogP) is 3.78. The maximum Gasteiger partial charge on any atom is 0.266 e. The molecule has 0 unspecified atom stereocenters. The summed E-state index contributed by atoms with van der Waals surface area (Å²) in [4.78, 5) is 30.6. The monoisotopic (exact) mass is 433 g/mol. The second-order valence-corrected chi connectivity index (χ2v) is 8.39. The molecule has 0 saturated heterocycles. The molecule has 0 aliphatic carbocycles. The van der Waals surface area contributed by atoms with Gasteiger partial charge in [0.2, 0.25) is 5.91 Å². The smallest absolute Gasteiger partial charge is 0.266 e. The number of aryl methyl sites for hydroxylation is 4. The average Bonchev–Trinajstić information content (AvgIpc) is 3.05. The molecule has 1 N–H and O–H groups in total. The topological polar surface area (TPSA) is 81.8 Å². The Hall–Kier alpha value is -3.39. The standard InChI is InChI=1S/C23H23N5O2S/c1-14-9-10-17(11-15(14)2)28-22(30)18-7-5-6-8-19(18)24-23(28)31-13-21(29)25-20-12-16(3)26-27(20)4/h5-12H,13H2,1-4H3,(H,25,29). The summed E-state index contributed by atoms with van der Waals surface area (Å²) in [6.45, 7) is 5.90. The number of benzene rings is 2. The van der Waals surface area contributed by atoms with Crippen LogP contribution in [-0.4, -0.2) is 31.0 Å². The number of para-hydroxylation sites is 1. The molecule has 2 aromatic heterocycles. The number of amides is 1.